The Bertz CT molecular complexity index is 822. The molecule has 1 spiro atoms. The lowest BCUT2D eigenvalue weighted by Crippen LogP contribution is -2.51. The van der Waals surface area contributed by atoms with Gasteiger partial charge in [-0.25, -0.2) is 8.78 Å². The van der Waals surface area contributed by atoms with E-state index in [0.717, 1.165) is 30.6 Å². The van der Waals surface area contributed by atoms with E-state index in [-0.39, 0.29) is 11.5 Å². The van der Waals surface area contributed by atoms with Crippen molar-refractivity contribution in [2.24, 2.45) is 5.41 Å². The summed E-state index contributed by atoms with van der Waals surface area (Å²) in [5.41, 5.74) is 0.716. The summed E-state index contributed by atoms with van der Waals surface area (Å²) in [6.07, 6.45) is 3.44. The summed E-state index contributed by atoms with van der Waals surface area (Å²) in [6.45, 7) is 3.39. The van der Waals surface area contributed by atoms with Crippen molar-refractivity contribution in [2.75, 3.05) is 24.5 Å². The molecule has 3 aliphatic rings. The molecule has 1 saturated carbocycles. The van der Waals surface area contributed by atoms with Gasteiger partial charge in [0.25, 0.3) is 11.5 Å². The van der Waals surface area contributed by atoms with Gasteiger partial charge in [-0.1, -0.05) is 13.3 Å². The molecule has 0 bridgehead atoms. The average molecular weight is 362 g/mol. The molecule has 26 heavy (non-hydrogen) atoms. The Morgan fingerprint density at radius 2 is 2.12 bits per heavy atom. The maximum Gasteiger partial charge on any atom is 0.270 e. The van der Waals surface area contributed by atoms with Crippen molar-refractivity contribution in [3.05, 3.63) is 27.2 Å². The molecule has 1 aromatic rings. The van der Waals surface area contributed by atoms with Gasteiger partial charge in [0, 0.05) is 42.2 Å². The molecule has 0 amide bonds. The fraction of sp³-hybridized carbons (Fsp3) is 0.684. The van der Waals surface area contributed by atoms with Gasteiger partial charge in [-0.15, -0.1) is 0 Å². The predicted octanol–water partition coefficient (Wildman–Crippen LogP) is 2.86. The van der Waals surface area contributed by atoms with Gasteiger partial charge < -0.3 is 15.2 Å². The number of hydrogen-bond donors (Lipinski definition) is 2. The standard InChI is InChI=1S/C19H24F2N4O/c1-2-3-12-9-23-10-14-15(12)24-17(26)13(8-22)16(14)25-7-6-18(4-5-18)19(20,21)11-25/h12,23H,2-7,9-11H2,1H3,(H,24,26). The highest BCUT2D eigenvalue weighted by atomic mass is 19.3. The van der Waals surface area contributed by atoms with Gasteiger partial charge in [0.1, 0.15) is 11.6 Å². The smallest absolute Gasteiger partial charge is 0.270 e. The van der Waals surface area contributed by atoms with Crippen LogP contribution in [0, 0.1) is 16.7 Å². The number of nitrogens with one attached hydrogen (secondary N) is 2. The highest BCUT2D eigenvalue weighted by molar-refractivity contribution is 5.66. The largest absolute Gasteiger partial charge is 0.364 e. The topological polar surface area (TPSA) is 71.9 Å². The number of aromatic nitrogens is 1. The third kappa shape index (κ3) is 2.54. The van der Waals surface area contributed by atoms with E-state index < -0.39 is 23.4 Å². The molecule has 1 atom stereocenters. The van der Waals surface area contributed by atoms with E-state index in [9.17, 15) is 18.8 Å². The Labute approximate surface area is 151 Å². The van der Waals surface area contributed by atoms with Crippen molar-refractivity contribution < 1.29 is 8.78 Å². The Hall–Kier alpha value is -1.94. The van der Waals surface area contributed by atoms with E-state index in [4.69, 9.17) is 0 Å². The van der Waals surface area contributed by atoms with Gasteiger partial charge in [-0.05, 0) is 25.7 Å². The summed E-state index contributed by atoms with van der Waals surface area (Å²) in [5.74, 6) is -2.64. The lowest BCUT2D eigenvalue weighted by atomic mass is 9.86. The molecular weight excluding hydrogens is 338 g/mol. The zero-order chi connectivity index (χ0) is 18.5. The normalized spacial score (nSPS) is 25.6. The number of hydrogen-bond acceptors (Lipinski definition) is 4. The van der Waals surface area contributed by atoms with Crippen LogP contribution in [-0.4, -0.2) is 30.5 Å². The van der Waals surface area contributed by atoms with Crippen molar-refractivity contribution >= 4 is 5.69 Å². The van der Waals surface area contributed by atoms with Crippen LogP contribution in [0.25, 0.3) is 0 Å². The van der Waals surface area contributed by atoms with Gasteiger partial charge in [0.2, 0.25) is 0 Å². The third-order valence-electron chi connectivity index (χ3n) is 6.37. The van der Waals surface area contributed by atoms with Gasteiger partial charge >= 0.3 is 0 Å². The highest BCUT2D eigenvalue weighted by Crippen LogP contribution is 2.61. The number of anilines is 1. The van der Waals surface area contributed by atoms with E-state index >= 15 is 0 Å². The molecule has 1 unspecified atom stereocenters. The number of piperidine rings is 1. The second-order valence-corrected chi connectivity index (χ2v) is 7.95. The molecule has 1 aliphatic carbocycles. The lowest BCUT2D eigenvalue weighted by Gasteiger charge is -2.42. The second kappa shape index (κ2) is 6.05. The molecule has 4 rings (SSSR count). The first-order chi connectivity index (χ1) is 12.4. The molecular formula is C19H24F2N4O. The Balaban J connectivity index is 1.80. The molecule has 0 radical (unpaired) electrons. The SMILES string of the molecule is CCCC1CNCc2c1[nH]c(=O)c(C#N)c2N1CCC2(CC2)C(F)(F)C1. The Kier molecular flexibility index (Phi) is 4.07. The number of H-pyrrole nitrogens is 1. The number of nitriles is 1. The summed E-state index contributed by atoms with van der Waals surface area (Å²) in [5, 5.41) is 12.9. The fourth-order valence-corrected chi connectivity index (χ4v) is 4.67. The van der Waals surface area contributed by atoms with Crippen LogP contribution in [0.1, 0.15) is 61.8 Å². The van der Waals surface area contributed by atoms with Crippen molar-refractivity contribution in [1.82, 2.24) is 10.3 Å². The summed E-state index contributed by atoms with van der Waals surface area (Å²) < 4.78 is 29.4. The minimum atomic E-state index is -2.78. The van der Waals surface area contributed by atoms with Crippen LogP contribution < -0.4 is 15.8 Å². The van der Waals surface area contributed by atoms with Gasteiger partial charge in [0.15, 0.2) is 0 Å². The number of nitrogens with zero attached hydrogens (tertiary/aromatic N) is 2. The Morgan fingerprint density at radius 1 is 1.35 bits per heavy atom. The number of fused-ring (bicyclic) bond motifs is 1. The van der Waals surface area contributed by atoms with Gasteiger partial charge in [-0.3, -0.25) is 4.79 Å². The van der Waals surface area contributed by atoms with Gasteiger partial charge in [0.05, 0.1) is 12.2 Å². The van der Waals surface area contributed by atoms with E-state index in [2.05, 4.69) is 17.2 Å². The lowest BCUT2D eigenvalue weighted by molar-refractivity contribution is -0.0794. The van der Waals surface area contributed by atoms with Crippen molar-refractivity contribution in [3.8, 4) is 6.07 Å². The van der Waals surface area contributed by atoms with Crippen molar-refractivity contribution in [2.45, 2.75) is 57.4 Å². The molecule has 5 nitrogen and oxygen atoms in total. The first-order valence-corrected chi connectivity index (χ1v) is 9.45. The van der Waals surface area contributed by atoms with Crippen LogP contribution in [0.15, 0.2) is 4.79 Å². The second-order valence-electron chi connectivity index (χ2n) is 7.95. The summed E-state index contributed by atoms with van der Waals surface area (Å²) in [4.78, 5) is 17.0. The van der Waals surface area contributed by atoms with Crippen LogP contribution in [-0.2, 0) is 6.54 Å². The predicted molar refractivity (Wildman–Crippen MR) is 94.6 cm³/mol. The zero-order valence-corrected chi connectivity index (χ0v) is 15.0. The Morgan fingerprint density at radius 3 is 2.73 bits per heavy atom. The highest BCUT2D eigenvalue weighted by Gasteiger charge is 2.64. The monoisotopic (exact) mass is 362 g/mol. The van der Waals surface area contributed by atoms with Crippen molar-refractivity contribution in [1.29, 1.82) is 5.26 Å². The van der Waals surface area contributed by atoms with E-state index in [1.54, 1.807) is 4.90 Å². The zero-order valence-electron chi connectivity index (χ0n) is 15.0. The molecule has 0 aromatic carbocycles. The fourth-order valence-electron chi connectivity index (χ4n) is 4.67. The molecule has 2 fully saturated rings. The third-order valence-corrected chi connectivity index (χ3v) is 6.37. The quantitative estimate of drug-likeness (QED) is 0.867. The van der Waals surface area contributed by atoms with Crippen LogP contribution in [0.2, 0.25) is 0 Å². The minimum absolute atomic E-state index is 0.0368. The molecule has 2 N–H and O–H groups in total. The van der Waals surface area contributed by atoms with E-state index in [0.29, 0.717) is 38.0 Å². The van der Waals surface area contributed by atoms with Crippen LogP contribution in [0.4, 0.5) is 14.5 Å². The maximum absolute atomic E-state index is 14.7. The molecule has 1 saturated heterocycles. The molecule has 140 valence electrons. The van der Waals surface area contributed by atoms with Crippen LogP contribution in [0.5, 0.6) is 0 Å². The molecule has 7 heteroatoms. The van der Waals surface area contributed by atoms with E-state index in [1.165, 1.54) is 0 Å². The number of aromatic amines is 1. The number of alkyl halides is 2. The summed E-state index contributed by atoms with van der Waals surface area (Å²) in [6, 6.07) is 1.96. The first-order valence-electron chi connectivity index (χ1n) is 9.45. The summed E-state index contributed by atoms with van der Waals surface area (Å²) in [7, 11) is 0. The minimum Gasteiger partial charge on any atom is -0.364 e. The first kappa shape index (κ1) is 17.5. The number of rotatable bonds is 3. The van der Waals surface area contributed by atoms with Crippen molar-refractivity contribution in [3.63, 3.8) is 0 Å². The molecule has 1 aromatic heterocycles. The average Bonchev–Trinajstić information content (AvgIpc) is 3.39. The van der Waals surface area contributed by atoms with Gasteiger partial charge in [-0.2, -0.15) is 5.26 Å². The number of pyridine rings is 1. The summed E-state index contributed by atoms with van der Waals surface area (Å²) >= 11 is 0. The van der Waals surface area contributed by atoms with Crippen LogP contribution >= 0.6 is 0 Å². The maximum atomic E-state index is 14.7. The van der Waals surface area contributed by atoms with E-state index in [1.807, 2.05) is 6.07 Å². The molecule has 3 heterocycles. The number of halogens is 2. The molecule has 2 aliphatic heterocycles. The van der Waals surface area contributed by atoms with Crippen LogP contribution in [0.3, 0.4) is 0 Å².